The van der Waals surface area contributed by atoms with Crippen molar-refractivity contribution in [1.82, 2.24) is 0 Å². The van der Waals surface area contributed by atoms with Crippen LogP contribution in [-0.2, 0) is 4.79 Å². The Labute approximate surface area is 81.5 Å². The Kier molecular flexibility index (Phi) is 4.06. The maximum Gasteiger partial charge on any atom is 0.317 e. The molecule has 1 atom stereocenters. The van der Waals surface area contributed by atoms with E-state index in [1.54, 1.807) is 0 Å². The smallest absolute Gasteiger partial charge is 0.317 e. The van der Waals surface area contributed by atoms with Crippen LogP contribution in [0, 0.1) is 5.92 Å². The zero-order valence-corrected chi connectivity index (χ0v) is 8.72. The van der Waals surface area contributed by atoms with Gasteiger partial charge in [-0.1, -0.05) is 48.0 Å². The number of halogens is 1. The quantitative estimate of drug-likeness (QED) is 0.763. The Morgan fingerprint density at radius 3 is 2.50 bits per heavy atom. The van der Waals surface area contributed by atoms with E-state index >= 15 is 0 Å². The van der Waals surface area contributed by atoms with Crippen LogP contribution >= 0.6 is 15.9 Å². The number of carboxylic acids is 1. The third-order valence-corrected chi connectivity index (χ3v) is 3.30. The molecule has 1 aliphatic carbocycles. The minimum atomic E-state index is -0.722. The maximum atomic E-state index is 10.5. The number of hydrogen-bond donors (Lipinski definition) is 1. The molecule has 0 aromatic heterocycles. The molecular weight excluding hydrogens is 220 g/mol. The summed E-state index contributed by atoms with van der Waals surface area (Å²) in [6.07, 6.45) is 7.13. The summed E-state index contributed by atoms with van der Waals surface area (Å²) in [6.45, 7) is 0. The van der Waals surface area contributed by atoms with Crippen molar-refractivity contribution >= 4 is 21.9 Å². The lowest BCUT2D eigenvalue weighted by Crippen LogP contribution is -2.18. The number of hydrogen-bond acceptors (Lipinski definition) is 1. The van der Waals surface area contributed by atoms with Crippen molar-refractivity contribution in [1.29, 1.82) is 0 Å². The Hall–Kier alpha value is -0.0500. The van der Waals surface area contributed by atoms with Gasteiger partial charge in [-0.05, 0) is 12.3 Å². The lowest BCUT2D eigenvalue weighted by atomic mass is 9.86. The molecule has 0 amide bonds. The normalized spacial score (nSPS) is 22.1. The molecule has 1 fully saturated rings. The Balaban J connectivity index is 2.24. The molecule has 0 aliphatic heterocycles. The molecule has 0 spiro atoms. The van der Waals surface area contributed by atoms with Gasteiger partial charge in [0.15, 0.2) is 0 Å². The van der Waals surface area contributed by atoms with Gasteiger partial charge in [-0.2, -0.15) is 0 Å². The van der Waals surface area contributed by atoms with E-state index < -0.39 is 5.97 Å². The Morgan fingerprint density at radius 2 is 2.00 bits per heavy atom. The van der Waals surface area contributed by atoms with Crippen LogP contribution in [0.3, 0.4) is 0 Å². The highest BCUT2D eigenvalue weighted by molar-refractivity contribution is 9.10. The summed E-state index contributed by atoms with van der Waals surface area (Å²) >= 11 is 3.18. The van der Waals surface area contributed by atoms with E-state index in [4.69, 9.17) is 5.11 Å². The number of aliphatic carboxylic acids is 1. The first-order chi connectivity index (χ1) is 5.70. The van der Waals surface area contributed by atoms with Crippen molar-refractivity contribution < 1.29 is 9.90 Å². The summed E-state index contributed by atoms with van der Waals surface area (Å²) in [5.74, 6) is -0.0835. The van der Waals surface area contributed by atoms with Gasteiger partial charge in [-0.3, -0.25) is 4.79 Å². The van der Waals surface area contributed by atoms with Gasteiger partial charge in [-0.15, -0.1) is 0 Å². The van der Waals surface area contributed by atoms with Gasteiger partial charge in [0.1, 0.15) is 4.83 Å². The average molecular weight is 235 g/mol. The van der Waals surface area contributed by atoms with Gasteiger partial charge in [0.05, 0.1) is 0 Å². The molecule has 0 heterocycles. The van der Waals surface area contributed by atoms with Gasteiger partial charge in [0.2, 0.25) is 0 Å². The minimum absolute atomic E-state index is 0.333. The molecule has 3 heteroatoms. The second kappa shape index (κ2) is 4.85. The summed E-state index contributed by atoms with van der Waals surface area (Å²) in [7, 11) is 0. The molecule has 0 radical (unpaired) electrons. The van der Waals surface area contributed by atoms with Gasteiger partial charge < -0.3 is 5.11 Å². The number of carboxylic acid groups (broad SMARTS) is 1. The lowest BCUT2D eigenvalue weighted by molar-refractivity contribution is -0.136. The fraction of sp³-hybridized carbons (Fsp3) is 0.889. The van der Waals surface area contributed by atoms with Crippen molar-refractivity contribution in [2.75, 3.05) is 0 Å². The standard InChI is InChI=1S/C9H15BrO2/c10-8(9(11)12)6-7-4-2-1-3-5-7/h7-8H,1-6H2,(H,11,12). The van der Waals surface area contributed by atoms with Gasteiger partial charge in [0.25, 0.3) is 0 Å². The maximum absolute atomic E-state index is 10.5. The number of rotatable bonds is 3. The Bertz CT molecular complexity index is 153. The van der Waals surface area contributed by atoms with Crippen LogP contribution < -0.4 is 0 Å². The Morgan fingerprint density at radius 1 is 1.42 bits per heavy atom. The third-order valence-electron chi connectivity index (χ3n) is 2.53. The minimum Gasteiger partial charge on any atom is -0.480 e. The molecule has 1 unspecified atom stereocenters. The molecule has 1 aliphatic rings. The van der Waals surface area contributed by atoms with E-state index in [9.17, 15) is 4.79 Å². The van der Waals surface area contributed by atoms with E-state index in [0.29, 0.717) is 5.92 Å². The highest BCUT2D eigenvalue weighted by atomic mass is 79.9. The van der Waals surface area contributed by atoms with Crippen molar-refractivity contribution in [3.63, 3.8) is 0 Å². The van der Waals surface area contributed by atoms with Crippen LogP contribution in [0.15, 0.2) is 0 Å². The SMILES string of the molecule is O=C(O)C(Br)CC1CCCCC1. The molecule has 0 saturated heterocycles. The summed E-state index contributed by atoms with van der Waals surface area (Å²) in [5.41, 5.74) is 0. The largest absolute Gasteiger partial charge is 0.480 e. The van der Waals surface area contributed by atoms with Crippen LogP contribution in [0.25, 0.3) is 0 Å². The van der Waals surface area contributed by atoms with E-state index in [-0.39, 0.29) is 4.83 Å². The van der Waals surface area contributed by atoms with Gasteiger partial charge in [-0.25, -0.2) is 0 Å². The van der Waals surface area contributed by atoms with E-state index in [1.165, 1.54) is 32.1 Å². The van der Waals surface area contributed by atoms with Crippen molar-refractivity contribution in [3.8, 4) is 0 Å². The number of carbonyl (C=O) groups is 1. The van der Waals surface area contributed by atoms with Crippen molar-refractivity contribution in [3.05, 3.63) is 0 Å². The second-order valence-corrected chi connectivity index (χ2v) is 4.65. The van der Waals surface area contributed by atoms with Crippen LogP contribution in [-0.4, -0.2) is 15.9 Å². The predicted octanol–water partition coefficient (Wildman–Crippen LogP) is 2.80. The summed E-state index contributed by atoms with van der Waals surface area (Å²) in [4.78, 5) is 10.2. The van der Waals surface area contributed by atoms with Crippen molar-refractivity contribution in [2.24, 2.45) is 5.92 Å². The monoisotopic (exact) mass is 234 g/mol. The van der Waals surface area contributed by atoms with Crippen LogP contribution in [0.1, 0.15) is 38.5 Å². The highest BCUT2D eigenvalue weighted by Gasteiger charge is 2.21. The molecule has 1 rings (SSSR count). The second-order valence-electron chi connectivity index (χ2n) is 3.55. The first-order valence-electron chi connectivity index (χ1n) is 4.57. The zero-order valence-electron chi connectivity index (χ0n) is 7.13. The lowest BCUT2D eigenvalue weighted by Gasteiger charge is -2.22. The molecule has 0 aromatic rings. The predicted molar refractivity (Wildman–Crippen MR) is 51.5 cm³/mol. The fourth-order valence-corrected chi connectivity index (χ4v) is 2.34. The summed E-state index contributed by atoms with van der Waals surface area (Å²) < 4.78 is 0. The molecule has 70 valence electrons. The molecule has 0 bridgehead atoms. The molecular formula is C9H15BrO2. The highest BCUT2D eigenvalue weighted by Crippen LogP contribution is 2.29. The summed E-state index contributed by atoms with van der Waals surface area (Å²) in [5, 5.41) is 8.67. The van der Waals surface area contributed by atoms with E-state index in [1.807, 2.05) is 0 Å². The molecule has 1 N–H and O–H groups in total. The zero-order chi connectivity index (χ0) is 8.97. The van der Waals surface area contributed by atoms with Crippen molar-refractivity contribution in [2.45, 2.75) is 43.4 Å². The first-order valence-corrected chi connectivity index (χ1v) is 5.48. The topological polar surface area (TPSA) is 37.3 Å². The molecule has 1 saturated carbocycles. The number of alkyl halides is 1. The summed E-state index contributed by atoms with van der Waals surface area (Å²) in [6, 6.07) is 0. The first kappa shape index (κ1) is 10.0. The van der Waals surface area contributed by atoms with Crippen LogP contribution in [0.2, 0.25) is 0 Å². The van der Waals surface area contributed by atoms with Gasteiger partial charge >= 0.3 is 5.97 Å². The molecule has 12 heavy (non-hydrogen) atoms. The molecule has 0 aromatic carbocycles. The van der Waals surface area contributed by atoms with Gasteiger partial charge in [0, 0.05) is 0 Å². The molecule has 2 nitrogen and oxygen atoms in total. The average Bonchev–Trinajstić information content (AvgIpc) is 2.06. The van der Waals surface area contributed by atoms with Crippen LogP contribution in [0.4, 0.5) is 0 Å². The fourth-order valence-electron chi connectivity index (χ4n) is 1.82. The van der Waals surface area contributed by atoms with E-state index in [2.05, 4.69) is 15.9 Å². The third kappa shape index (κ3) is 3.13. The van der Waals surface area contributed by atoms with E-state index in [0.717, 1.165) is 6.42 Å². The van der Waals surface area contributed by atoms with Crippen LogP contribution in [0.5, 0.6) is 0 Å².